The van der Waals surface area contributed by atoms with E-state index < -0.39 is 14.9 Å². The Balaban J connectivity index is 1.05. The van der Waals surface area contributed by atoms with Gasteiger partial charge in [-0.3, -0.25) is 0 Å². The van der Waals surface area contributed by atoms with Crippen molar-refractivity contribution >= 4 is 69.7 Å². The number of furan rings is 1. The fraction of sp³-hybridized carbons (Fsp3) is 0.103. The van der Waals surface area contributed by atoms with Gasteiger partial charge in [0.25, 0.3) is 0 Å². The van der Waals surface area contributed by atoms with Gasteiger partial charge in [0, 0.05) is 21.8 Å². The topological polar surface area (TPSA) is 16.4 Å². The zero-order valence-corrected chi connectivity index (χ0v) is 35.5. The van der Waals surface area contributed by atoms with Gasteiger partial charge in [-0.15, -0.1) is 0 Å². The molecule has 0 fully saturated rings. The van der Waals surface area contributed by atoms with Crippen molar-refractivity contribution in [3.63, 3.8) is 0 Å². The Bertz CT molecular complexity index is 3620. The summed E-state index contributed by atoms with van der Waals surface area (Å²) >= 11 is 0. The minimum Gasteiger partial charge on any atom is -0.453 e. The van der Waals surface area contributed by atoms with Crippen LogP contribution in [-0.2, 0) is 23.7 Å². The maximum atomic E-state index is 7.63. The molecule has 3 aliphatic carbocycles. The van der Waals surface area contributed by atoms with Crippen LogP contribution >= 0.6 is 0 Å². The van der Waals surface area contributed by atoms with Crippen molar-refractivity contribution in [1.82, 2.24) is 0 Å². The number of nitrogens with zero attached hydrogens (tertiary/aromatic N) is 1. The second-order valence-corrected chi connectivity index (χ2v) is 20.5. The molecule has 2 nitrogen and oxygen atoms in total. The molecule has 0 amide bonds. The van der Waals surface area contributed by atoms with E-state index in [1.807, 2.05) is 0 Å². The van der Waals surface area contributed by atoms with Crippen molar-refractivity contribution in [1.29, 1.82) is 0 Å². The Morgan fingerprint density at radius 2 is 1.10 bits per heavy atom. The van der Waals surface area contributed by atoms with Crippen LogP contribution in [0.3, 0.4) is 0 Å². The molecule has 2 aliphatic heterocycles. The second-order valence-electron chi connectivity index (χ2n) is 18.6. The van der Waals surface area contributed by atoms with Crippen molar-refractivity contribution in [2.45, 2.75) is 37.5 Å². The second kappa shape index (κ2) is 11.1. The number of para-hydroxylation sites is 2. The van der Waals surface area contributed by atoms with Gasteiger partial charge in [0.2, 0.25) is 0 Å². The molecule has 10 aromatic rings. The average molecular weight is 794 g/mol. The third-order valence-corrected chi connectivity index (χ3v) is 17.5. The molecule has 61 heavy (non-hydrogen) atoms. The molecule has 9 aromatic carbocycles. The monoisotopic (exact) mass is 793 g/mol. The lowest BCUT2D eigenvalue weighted by Gasteiger charge is -2.42. The predicted molar refractivity (Wildman–Crippen MR) is 255 cm³/mol. The van der Waals surface area contributed by atoms with Crippen molar-refractivity contribution in [3.05, 3.63) is 208 Å². The summed E-state index contributed by atoms with van der Waals surface area (Å²) in [5.74, 6) is 0. The summed E-state index contributed by atoms with van der Waals surface area (Å²) in [6.07, 6.45) is 2.18. The minimum absolute atomic E-state index is 0.187. The molecule has 0 radical (unpaired) electrons. The summed E-state index contributed by atoms with van der Waals surface area (Å²) in [6.45, 7) is 4.81. The minimum atomic E-state index is -0.621. The largest absolute Gasteiger partial charge is 0.453 e. The summed E-state index contributed by atoms with van der Waals surface area (Å²) in [7, 11) is -0.621. The standard InChI is InChI=1S/C58H39NOSi/c1-57(2)43-18-8-9-19-47(43)59(49-31-51-40(30-46(49)57)36-14-5-10-21-50(36)61-51)48-20-11-15-37-38-27-29-45-54(56(38)60-55(37)48)39-26-24-32-22-23-33-25-28-44(53(39)52(32)33)58(45)41-16-6-3-12-34(41)35-13-4-7-17-42(35)58/h3-21,24-31H,22-23,61H2,1-2H3. The Hall–Kier alpha value is -6.94. The first kappa shape index (κ1) is 32.9. The predicted octanol–water partition coefficient (Wildman–Crippen LogP) is 12.4. The number of fused-ring (bicyclic) bond motifs is 18. The molecule has 5 aliphatic rings. The van der Waals surface area contributed by atoms with Crippen LogP contribution in [0.25, 0.3) is 66.1 Å². The van der Waals surface area contributed by atoms with Gasteiger partial charge >= 0.3 is 0 Å². The molecule has 0 N–H and O–H groups in total. The molecular weight excluding hydrogens is 755 g/mol. The van der Waals surface area contributed by atoms with Crippen LogP contribution in [0, 0.1) is 0 Å². The zero-order valence-electron chi connectivity index (χ0n) is 34.1. The SMILES string of the molecule is CC1(C)c2ccccc2N(c2cccc3c2oc2c4c(ccc23)C2(c3ccccc3-c3ccccc32)c2ccc3c5c(ccc-4c25)CC3)c2cc3c(cc21)-c1ccccc1[SiH2]3. The van der Waals surface area contributed by atoms with Crippen LogP contribution in [0.1, 0.15) is 58.4 Å². The molecule has 1 spiro atoms. The van der Waals surface area contributed by atoms with Crippen molar-refractivity contribution < 1.29 is 4.42 Å². The average Bonchev–Trinajstić information content (AvgIpc) is 4.07. The summed E-state index contributed by atoms with van der Waals surface area (Å²) in [4.78, 5) is 2.53. The van der Waals surface area contributed by atoms with Crippen molar-refractivity contribution in [3.8, 4) is 33.4 Å². The number of hydrogen-bond acceptors (Lipinski definition) is 2. The molecular formula is C58H39NOSi. The summed E-state index contributed by atoms with van der Waals surface area (Å²) in [6, 6.07) is 62.9. The molecule has 15 rings (SSSR count). The van der Waals surface area contributed by atoms with E-state index in [1.165, 1.54) is 111 Å². The third kappa shape index (κ3) is 3.79. The van der Waals surface area contributed by atoms with Gasteiger partial charge < -0.3 is 9.32 Å². The highest BCUT2D eigenvalue weighted by Crippen LogP contribution is 2.64. The van der Waals surface area contributed by atoms with Crippen LogP contribution in [-0.4, -0.2) is 9.52 Å². The van der Waals surface area contributed by atoms with Gasteiger partial charge in [0.05, 0.1) is 32.0 Å². The highest BCUT2D eigenvalue weighted by molar-refractivity contribution is 6.73. The van der Waals surface area contributed by atoms with Crippen LogP contribution in [0.5, 0.6) is 0 Å². The van der Waals surface area contributed by atoms with Gasteiger partial charge in [-0.2, -0.15) is 0 Å². The fourth-order valence-electron chi connectivity index (χ4n) is 13.0. The van der Waals surface area contributed by atoms with E-state index in [9.17, 15) is 0 Å². The number of hydrogen-bond donors (Lipinski definition) is 0. The highest BCUT2D eigenvalue weighted by Gasteiger charge is 2.51. The molecule has 0 saturated carbocycles. The van der Waals surface area contributed by atoms with Crippen LogP contribution < -0.4 is 15.3 Å². The molecule has 0 saturated heterocycles. The number of anilines is 3. The van der Waals surface area contributed by atoms with Gasteiger partial charge in [-0.05, 0) is 120 Å². The molecule has 1 aromatic heterocycles. The molecule has 0 unspecified atom stereocenters. The Kier molecular flexibility index (Phi) is 5.95. The number of benzene rings is 9. The smallest absolute Gasteiger partial charge is 0.159 e. The molecule has 0 bridgehead atoms. The summed E-state index contributed by atoms with van der Waals surface area (Å²) in [5, 5.41) is 8.25. The Morgan fingerprint density at radius 3 is 1.90 bits per heavy atom. The van der Waals surface area contributed by atoms with E-state index >= 15 is 0 Å². The van der Waals surface area contributed by atoms with E-state index in [1.54, 1.807) is 5.19 Å². The zero-order chi connectivity index (χ0) is 39.9. The quantitative estimate of drug-likeness (QED) is 0.154. The summed E-state index contributed by atoms with van der Waals surface area (Å²) < 4.78 is 7.63. The Labute approximate surface area is 356 Å². The van der Waals surface area contributed by atoms with Gasteiger partial charge in [-0.25, -0.2) is 0 Å². The number of rotatable bonds is 1. The normalized spacial score (nSPS) is 16.5. The molecule has 286 valence electrons. The first-order valence-electron chi connectivity index (χ1n) is 21.9. The number of aryl methyl sites for hydroxylation is 2. The fourth-order valence-corrected chi connectivity index (χ4v) is 14.9. The lowest BCUT2D eigenvalue weighted by Crippen LogP contribution is -2.32. The Morgan fingerprint density at radius 1 is 0.443 bits per heavy atom. The van der Waals surface area contributed by atoms with Crippen LogP contribution in [0.2, 0.25) is 0 Å². The van der Waals surface area contributed by atoms with Crippen molar-refractivity contribution in [2.24, 2.45) is 0 Å². The lowest BCUT2D eigenvalue weighted by molar-refractivity contribution is 0.631. The van der Waals surface area contributed by atoms with E-state index in [0.717, 1.165) is 35.1 Å². The highest BCUT2D eigenvalue weighted by atomic mass is 28.2. The van der Waals surface area contributed by atoms with Crippen LogP contribution in [0.15, 0.2) is 168 Å². The molecule has 3 heterocycles. The van der Waals surface area contributed by atoms with Crippen molar-refractivity contribution in [2.75, 3.05) is 4.90 Å². The first-order chi connectivity index (χ1) is 30.0. The van der Waals surface area contributed by atoms with Gasteiger partial charge in [-0.1, -0.05) is 164 Å². The van der Waals surface area contributed by atoms with E-state index in [0.29, 0.717) is 0 Å². The molecule has 0 atom stereocenters. The van der Waals surface area contributed by atoms with E-state index in [2.05, 4.69) is 183 Å². The summed E-state index contributed by atoms with van der Waals surface area (Å²) in [5.41, 5.74) is 23.9. The van der Waals surface area contributed by atoms with Gasteiger partial charge in [0.1, 0.15) is 5.58 Å². The maximum Gasteiger partial charge on any atom is 0.159 e. The lowest BCUT2D eigenvalue weighted by atomic mass is 9.61. The van der Waals surface area contributed by atoms with Crippen LogP contribution in [0.4, 0.5) is 17.1 Å². The third-order valence-electron chi connectivity index (χ3n) is 15.6. The molecule has 3 heteroatoms. The van der Waals surface area contributed by atoms with E-state index in [4.69, 9.17) is 4.42 Å². The first-order valence-corrected chi connectivity index (χ1v) is 23.3. The maximum absolute atomic E-state index is 7.63. The van der Waals surface area contributed by atoms with Gasteiger partial charge in [0.15, 0.2) is 5.58 Å². The van der Waals surface area contributed by atoms with E-state index in [-0.39, 0.29) is 5.41 Å².